The summed E-state index contributed by atoms with van der Waals surface area (Å²) >= 11 is 0. The number of fused-ring (bicyclic) bond motifs is 1. The standard InChI is InChI=1S/C21H19N5O2/c1-25-18(14-16-4-2-3-5-17(16)21(25)28)20(27)23-19-9-13-26(24-19)12-8-15-6-10-22-11-7-15/h2-7,9-11,13-14H,8,12H2,1H3,(H,23,24,27). The van der Waals surface area contributed by atoms with E-state index in [2.05, 4.69) is 15.4 Å². The summed E-state index contributed by atoms with van der Waals surface area (Å²) in [4.78, 5) is 29.2. The summed E-state index contributed by atoms with van der Waals surface area (Å²) in [6, 6.07) is 14.6. The first-order chi connectivity index (χ1) is 13.6. The van der Waals surface area contributed by atoms with Crippen LogP contribution in [-0.4, -0.2) is 25.2 Å². The lowest BCUT2D eigenvalue weighted by Gasteiger charge is -2.09. The lowest BCUT2D eigenvalue weighted by molar-refractivity contribution is 0.101. The van der Waals surface area contributed by atoms with Crippen LogP contribution in [0.15, 0.2) is 71.9 Å². The van der Waals surface area contributed by atoms with Crippen LogP contribution in [-0.2, 0) is 20.0 Å². The maximum Gasteiger partial charge on any atom is 0.273 e. The van der Waals surface area contributed by atoms with Gasteiger partial charge in [-0.3, -0.25) is 19.3 Å². The third kappa shape index (κ3) is 3.55. The molecular formula is C21H19N5O2. The number of hydrogen-bond acceptors (Lipinski definition) is 4. The molecule has 1 amide bonds. The van der Waals surface area contributed by atoms with Crippen LogP contribution in [0.2, 0.25) is 0 Å². The predicted octanol–water partition coefficient (Wildman–Crippen LogP) is 2.63. The fourth-order valence-corrected chi connectivity index (χ4v) is 3.10. The summed E-state index contributed by atoms with van der Waals surface area (Å²) in [5.74, 6) is 0.0741. The molecule has 7 heteroatoms. The molecule has 0 atom stereocenters. The van der Waals surface area contributed by atoms with Gasteiger partial charge in [-0.25, -0.2) is 0 Å². The number of amides is 1. The predicted molar refractivity (Wildman–Crippen MR) is 107 cm³/mol. The maximum atomic E-state index is 12.7. The highest BCUT2D eigenvalue weighted by atomic mass is 16.2. The Hall–Kier alpha value is -3.74. The van der Waals surface area contributed by atoms with E-state index in [1.807, 2.05) is 36.5 Å². The first kappa shape index (κ1) is 17.7. The monoisotopic (exact) mass is 373 g/mol. The highest BCUT2D eigenvalue weighted by molar-refractivity contribution is 6.04. The lowest BCUT2D eigenvalue weighted by atomic mass is 10.1. The van der Waals surface area contributed by atoms with Gasteiger partial charge in [-0.15, -0.1) is 0 Å². The first-order valence-electron chi connectivity index (χ1n) is 8.94. The van der Waals surface area contributed by atoms with Crippen LogP contribution in [0, 0.1) is 0 Å². The van der Waals surface area contributed by atoms with Crippen molar-refractivity contribution in [2.75, 3.05) is 5.32 Å². The fourth-order valence-electron chi connectivity index (χ4n) is 3.10. The molecule has 0 bridgehead atoms. The molecule has 0 unspecified atom stereocenters. The molecule has 0 spiro atoms. The van der Waals surface area contributed by atoms with Crippen molar-refractivity contribution in [3.63, 3.8) is 0 Å². The van der Waals surface area contributed by atoms with Gasteiger partial charge in [0.15, 0.2) is 5.82 Å². The van der Waals surface area contributed by atoms with Crippen molar-refractivity contribution in [2.45, 2.75) is 13.0 Å². The molecule has 3 aromatic heterocycles. The van der Waals surface area contributed by atoms with Crippen molar-refractivity contribution < 1.29 is 4.79 Å². The van der Waals surface area contributed by atoms with E-state index in [0.717, 1.165) is 11.8 Å². The van der Waals surface area contributed by atoms with Crippen molar-refractivity contribution >= 4 is 22.5 Å². The topological polar surface area (TPSA) is 81.8 Å². The molecular weight excluding hydrogens is 354 g/mol. The average molecular weight is 373 g/mol. The summed E-state index contributed by atoms with van der Waals surface area (Å²) in [7, 11) is 1.59. The van der Waals surface area contributed by atoms with Crippen molar-refractivity contribution in [3.05, 3.63) is 88.7 Å². The number of nitrogens with zero attached hydrogens (tertiary/aromatic N) is 4. The van der Waals surface area contributed by atoms with Crippen molar-refractivity contribution in [1.29, 1.82) is 0 Å². The molecule has 3 heterocycles. The number of carbonyl (C=O) groups excluding carboxylic acids is 1. The van der Waals surface area contributed by atoms with Crippen LogP contribution < -0.4 is 10.9 Å². The Balaban J connectivity index is 1.50. The minimum atomic E-state index is -0.371. The van der Waals surface area contributed by atoms with Gasteiger partial charge in [0.1, 0.15) is 5.69 Å². The molecule has 28 heavy (non-hydrogen) atoms. The van der Waals surface area contributed by atoms with Crippen LogP contribution in [0.3, 0.4) is 0 Å². The van der Waals surface area contributed by atoms with Gasteiger partial charge in [0.2, 0.25) is 0 Å². The van der Waals surface area contributed by atoms with Crippen molar-refractivity contribution in [2.24, 2.45) is 7.05 Å². The van der Waals surface area contributed by atoms with E-state index in [-0.39, 0.29) is 17.2 Å². The van der Waals surface area contributed by atoms with Gasteiger partial charge in [0.05, 0.1) is 0 Å². The Labute approximate surface area is 161 Å². The molecule has 0 aliphatic heterocycles. The maximum absolute atomic E-state index is 12.7. The Morgan fingerprint density at radius 1 is 1.11 bits per heavy atom. The number of benzene rings is 1. The number of anilines is 1. The average Bonchev–Trinajstić information content (AvgIpc) is 3.17. The molecule has 0 aliphatic rings. The summed E-state index contributed by atoms with van der Waals surface area (Å²) in [6.45, 7) is 0.689. The second kappa shape index (κ2) is 7.48. The molecule has 4 aromatic rings. The van der Waals surface area contributed by atoms with Gasteiger partial charge >= 0.3 is 0 Å². The first-order valence-corrected chi connectivity index (χ1v) is 8.94. The molecule has 1 aromatic carbocycles. The lowest BCUT2D eigenvalue weighted by Crippen LogP contribution is -2.26. The number of pyridine rings is 2. The van der Waals surface area contributed by atoms with E-state index in [1.54, 1.807) is 42.3 Å². The molecule has 0 radical (unpaired) electrons. The highest BCUT2D eigenvalue weighted by Crippen LogP contribution is 2.13. The number of aromatic nitrogens is 4. The van der Waals surface area contributed by atoms with E-state index in [1.165, 1.54) is 10.1 Å². The zero-order valence-corrected chi connectivity index (χ0v) is 15.4. The zero-order chi connectivity index (χ0) is 19.5. The summed E-state index contributed by atoms with van der Waals surface area (Å²) in [5.41, 5.74) is 1.25. The third-order valence-electron chi connectivity index (χ3n) is 4.64. The molecule has 0 saturated carbocycles. The zero-order valence-electron chi connectivity index (χ0n) is 15.4. The highest BCUT2D eigenvalue weighted by Gasteiger charge is 2.14. The van der Waals surface area contributed by atoms with Crippen LogP contribution in [0.25, 0.3) is 10.8 Å². The van der Waals surface area contributed by atoms with Crippen LogP contribution in [0.4, 0.5) is 5.82 Å². The van der Waals surface area contributed by atoms with Crippen molar-refractivity contribution in [3.8, 4) is 0 Å². The van der Waals surface area contributed by atoms with E-state index in [9.17, 15) is 9.59 Å². The van der Waals surface area contributed by atoms with Crippen LogP contribution in [0.5, 0.6) is 0 Å². The smallest absolute Gasteiger partial charge is 0.273 e. The summed E-state index contributed by atoms with van der Waals surface area (Å²) in [6.07, 6.45) is 6.16. The molecule has 0 saturated heterocycles. The number of aryl methyl sites for hydroxylation is 2. The summed E-state index contributed by atoms with van der Waals surface area (Å²) < 4.78 is 3.13. The summed E-state index contributed by atoms with van der Waals surface area (Å²) in [5, 5.41) is 8.48. The molecule has 7 nitrogen and oxygen atoms in total. The molecule has 1 N–H and O–H groups in total. The van der Waals surface area contributed by atoms with Gasteiger partial charge in [-0.2, -0.15) is 5.10 Å². The molecule has 0 fully saturated rings. The number of rotatable bonds is 5. The Bertz CT molecular complexity index is 1190. The Morgan fingerprint density at radius 3 is 2.71 bits per heavy atom. The fraction of sp³-hybridized carbons (Fsp3) is 0.143. The van der Waals surface area contributed by atoms with Crippen LogP contribution in [0.1, 0.15) is 16.1 Å². The molecule has 4 rings (SSSR count). The SMILES string of the molecule is Cn1c(C(=O)Nc2ccn(CCc3ccncc3)n2)cc2ccccc2c1=O. The van der Waals surface area contributed by atoms with Gasteiger partial charge in [-0.05, 0) is 41.6 Å². The van der Waals surface area contributed by atoms with Gasteiger partial charge in [0.25, 0.3) is 11.5 Å². The second-order valence-electron chi connectivity index (χ2n) is 6.50. The van der Waals surface area contributed by atoms with Gasteiger partial charge in [0, 0.05) is 43.6 Å². The van der Waals surface area contributed by atoms with E-state index in [0.29, 0.717) is 17.7 Å². The van der Waals surface area contributed by atoms with Crippen LogP contribution >= 0.6 is 0 Å². The van der Waals surface area contributed by atoms with Gasteiger partial charge < -0.3 is 9.88 Å². The molecule has 140 valence electrons. The number of hydrogen-bond donors (Lipinski definition) is 1. The number of nitrogens with one attached hydrogen (secondary N) is 1. The minimum absolute atomic E-state index is 0.203. The quantitative estimate of drug-likeness (QED) is 0.583. The largest absolute Gasteiger partial charge is 0.307 e. The minimum Gasteiger partial charge on any atom is -0.307 e. The van der Waals surface area contributed by atoms with E-state index in [4.69, 9.17) is 0 Å². The Morgan fingerprint density at radius 2 is 1.89 bits per heavy atom. The number of carbonyl (C=O) groups is 1. The third-order valence-corrected chi connectivity index (χ3v) is 4.64. The van der Waals surface area contributed by atoms with Gasteiger partial charge in [-0.1, -0.05) is 18.2 Å². The molecule has 0 aliphatic carbocycles. The second-order valence-corrected chi connectivity index (χ2v) is 6.50. The van der Waals surface area contributed by atoms with Crippen molar-refractivity contribution in [1.82, 2.24) is 19.3 Å². The van der Waals surface area contributed by atoms with E-state index >= 15 is 0 Å². The van der Waals surface area contributed by atoms with E-state index < -0.39 is 0 Å². The normalized spacial score (nSPS) is 10.9. The Kier molecular flexibility index (Phi) is 4.72.